The van der Waals surface area contributed by atoms with Crippen LogP contribution in [0.5, 0.6) is 0 Å². The topological polar surface area (TPSA) is 46.5 Å². The molecular formula is C8H14O3. The van der Waals surface area contributed by atoms with E-state index in [1.165, 1.54) is 0 Å². The molecule has 0 atom stereocenters. The summed E-state index contributed by atoms with van der Waals surface area (Å²) < 4.78 is 4.81. The maximum atomic E-state index is 10.8. The molecule has 0 unspecified atom stereocenters. The zero-order valence-corrected chi connectivity index (χ0v) is 6.96. The van der Waals surface area contributed by atoms with Crippen LogP contribution in [0, 0.1) is 0 Å². The lowest BCUT2D eigenvalue weighted by Gasteiger charge is -2.07. The number of carbonyl (C=O) groups excluding carboxylic acids is 1. The first kappa shape index (κ1) is 10.2. The van der Waals surface area contributed by atoms with E-state index in [0.29, 0.717) is 5.57 Å². The molecule has 0 aromatic carbocycles. The number of aliphatic hydroxyl groups excluding tert-OH is 1. The zero-order valence-electron chi connectivity index (χ0n) is 6.96. The van der Waals surface area contributed by atoms with Crippen molar-refractivity contribution in [1.29, 1.82) is 0 Å². The van der Waals surface area contributed by atoms with Crippen molar-refractivity contribution in [3.63, 3.8) is 0 Å². The summed E-state index contributed by atoms with van der Waals surface area (Å²) in [6.07, 6.45) is 0.00305. The van der Waals surface area contributed by atoms with Crippen LogP contribution in [0.1, 0.15) is 20.3 Å². The molecule has 0 fully saturated rings. The highest BCUT2D eigenvalue weighted by Crippen LogP contribution is 2.00. The smallest absolute Gasteiger partial charge is 0.310 e. The van der Waals surface area contributed by atoms with Crippen LogP contribution in [-0.4, -0.2) is 23.8 Å². The first-order valence-electron chi connectivity index (χ1n) is 3.53. The highest BCUT2D eigenvalue weighted by atomic mass is 16.5. The predicted molar refractivity (Wildman–Crippen MR) is 42.1 cm³/mol. The van der Waals surface area contributed by atoms with Crippen molar-refractivity contribution < 1.29 is 14.6 Å². The fraction of sp³-hybridized carbons (Fsp3) is 0.625. The van der Waals surface area contributed by atoms with E-state index in [1.807, 2.05) is 0 Å². The molecule has 0 radical (unpaired) electrons. The van der Waals surface area contributed by atoms with Gasteiger partial charge in [0.05, 0.1) is 19.1 Å². The molecule has 11 heavy (non-hydrogen) atoms. The van der Waals surface area contributed by atoms with Gasteiger partial charge in [0.15, 0.2) is 0 Å². The Hall–Kier alpha value is -0.830. The standard InChI is InChI=1S/C8H14O3/c1-6(2)11-8(10)4-7(3)5-9/h6,9H,3-5H2,1-2H3. The van der Waals surface area contributed by atoms with E-state index >= 15 is 0 Å². The minimum absolute atomic E-state index is 0.103. The van der Waals surface area contributed by atoms with Crippen LogP contribution in [-0.2, 0) is 9.53 Å². The van der Waals surface area contributed by atoms with Crippen LogP contribution in [0.2, 0.25) is 0 Å². The zero-order chi connectivity index (χ0) is 8.85. The second-order valence-corrected chi connectivity index (χ2v) is 2.62. The SMILES string of the molecule is C=C(CO)CC(=O)OC(C)C. The Balaban J connectivity index is 3.61. The van der Waals surface area contributed by atoms with E-state index < -0.39 is 0 Å². The number of carbonyl (C=O) groups is 1. The van der Waals surface area contributed by atoms with Gasteiger partial charge in [0, 0.05) is 0 Å². The van der Waals surface area contributed by atoms with E-state index in [2.05, 4.69) is 6.58 Å². The quantitative estimate of drug-likeness (QED) is 0.488. The van der Waals surface area contributed by atoms with Crippen LogP contribution in [0.15, 0.2) is 12.2 Å². The van der Waals surface area contributed by atoms with Gasteiger partial charge in [-0.3, -0.25) is 4.79 Å². The van der Waals surface area contributed by atoms with Gasteiger partial charge in [-0.15, -0.1) is 0 Å². The molecule has 0 rings (SSSR count). The number of aliphatic hydroxyl groups is 1. The van der Waals surface area contributed by atoms with Crippen LogP contribution in [0.4, 0.5) is 0 Å². The van der Waals surface area contributed by atoms with Gasteiger partial charge in [-0.25, -0.2) is 0 Å². The van der Waals surface area contributed by atoms with E-state index in [0.717, 1.165) is 0 Å². The fourth-order valence-electron chi connectivity index (χ4n) is 0.565. The molecule has 0 aromatic rings. The van der Waals surface area contributed by atoms with Gasteiger partial charge >= 0.3 is 5.97 Å². The van der Waals surface area contributed by atoms with Crippen molar-refractivity contribution in [3.8, 4) is 0 Å². The Labute approximate surface area is 66.7 Å². The Morgan fingerprint density at radius 2 is 2.18 bits per heavy atom. The summed E-state index contributed by atoms with van der Waals surface area (Å²) in [5, 5.41) is 8.51. The van der Waals surface area contributed by atoms with E-state index in [-0.39, 0.29) is 25.1 Å². The van der Waals surface area contributed by atoms with Gasteiger partial charge in [0.1, 0.15) is 0 Å². The number of hydrogen-bond donors (Lipinski definition) is 1. The predicted octanol–water partition coefficient (Wildman–Crippen LogP) is 0.877. The van der Waals surface area contributed by atoms with E-state index in [9.17, 15) is 4.79 Å². The van der Waals surface area contributed by atoms with Crippen molar-refractivity contribution in [2.24, 2.45) is 0 Å². The molecule has 0 aliphatic heterocycles. The fourth-order valence-corrected chi connectivity index (χ4v) is 0.565. The van der Waals surface area contributed by atoms with Crippen molar-refractivity contribution in [2.75, 3.05) is 6.61 Å². The summed E-state index contributed by atoms with van der Waals surface area (Å²) in [5.74, 6) is -0.334. The summed E-state index contributed by atoms with van der Waals surface area (Å²) in [5.41, 5.74) is 0.482. The molecule has 64 valence electrons. The molecule has 0 bridgehead atoms. The summed E-state index contributed by atoms with van der Waals surface area (Å²) in [6, 6.07) is 0. The third kappa shape index (κ3) is 5.61. The van der Waals surface area contributed by atoms with Gasteiger partial charge in [0.2, 0.25) is 0 Å². The maximum Gasteiger partial charge on any atom is 0.310 e. The molecule has 3 heteroatoms. The van der Waals surface area contributed by atoms with Crippen molar-refractivity contribution >= 4 is 5.97 Å². The summed E-state index contributed by atoms with van der Waals surface area (Å²) in [4.78, 5) is 10.8. The van der Waals surface area contributed by atoms with Crippen molar-refractivity contribution in [3.05, 3.63) is 12.2 Å². The van der Waals surface area contributed by atoms with E-state index in [1.54, 1.807) is 13.8 Å². The minimum atomic E-state index is -0.334. The maximum absolute atomic E-state index is 10.8. The normalized spacial score (nSPS) is 9.82. The Morgan fingerprint density at radius 3 is 2.55 bits per heavy atom. The van der Waals surface area contributed by atoms with Gasteiger partial charge in [0.25, 0.3) is 0 Å². The third-order valence-corrected chi connectivity index (χ3v) is 0.985. The van der Waals surface area contributed by atoms with Crippen LogP contribution >= 0.6 is 0 Å². The van der Waals surface area contributed by atoms with Gasteiger partial charge in [-0.2, -0.15) is 0 Å². The lowest BCUT2D eigenvalue weighted by atomic mass is 10.2. The second-order valence-electron chi connectivity index (χ2n) is 2.62. The van der Waals surface area contributed by atoms with Crippen LogP contribution in [0.25, 0.3) is 0 Å². The number of esters is 1. The second kappa shape index (κ2) is 4.91. The lowest BCUT2D eigenvalue weighted by Crippen LogP contribution is -2.12. The molecule has 3 nitrogen and oxygen atoms in total. The molecule has 0 aliphatic carbocycles. The number of hydrogen-bond acceptors (Lipinski definition) is 3. The molecule has 0 saturated heterocycles. The molecular weight excluding hydrogens is 144 g/mol. The number of rotatable bonds is 4. The summed E-state index contributed by atoms with van der Waals surface area (Å²) in [7, 11) is 0. The largest absolute Gasteiger partial charge is 0.463 e. The minimum Gasteiger partial charge on any atom is -0.463 e. The van der Waals surface area contributed by atoms with Crippen molar-refractivity contribution in [1.82, 2.24) is 0 Å². The highest BCUT2D eigenvalue weighted by Gasteiger charge is 2.06. The van der Waals surface area contributed by atoms with Gasteiger partial charge < -0.3 is 9.84 Å². The molecule has 1 N–H and O–H groups in total. The molecule has 0 amide bonds. The summed E-state index contributed by atoms with van der Waals surface area (Å²) in [6.45, 7) is 6.86. The van der Waals surface area contributed by atoms with Gasteiger partial charge in [-0.05, 0) is 19.4 Å². The highest BCUT2D eigenvalue weighted by molar-refractivity contribution is 5.72. The number of ether oxygens (including phenoxy) is 1. The monoisotopic (exact) mass is 158 g/mol. The van der Waals surface area contributed by atoms with E-state index in [4.69, 9.17) is 9.84 Å². The molecule has 0 saturated carbocycles. The lowest BCUT2D eigenvalue weighted by molar-refractivity contribution is -0.146. The average Bonchev–Trinajstić information content (AvgIpc) is 1.85. The van der Waals surface area contributed by atoms with Crippen LogP contribution in [0.3, 0.4) is 0 Å². The summed E-state index contributed by atoms with van der Waals surface area (Å²) >= 11 is 0. The first-order chi connectivity index (χ1) is 5.06. The first-order valence-corrected chi connectivity index (χ1v) is 3.53. The Kier molecular flexibility index (Phi) is 4.54. The molecule has 0 spiro atoms. The Morgan fingerprint density at radius 1 is 1.64 bits per heavy atom. The molecule has 0 aromatic heterocycles. The Bertz CT molecular complexity index is 149. The molecule has 0 heterocycles. The molecule has 0 aliphatic rings. The average molecular weight is 158 g/mol. The third-order valence-electron chi connectivity index (χ3n) is 0.985. The van der Waals surface area contributed by atoms with Crippen LogP contribution < -0.4 is 0 Å². The van der Waals surface area contributed by atoms with Gasteiger partial charge in [-0.1, -0.05) is 6.58 Å². The van der Waals surface area contributed by atoms with Crippen molar-refractivity contribution in [2.45, 2.75) is 26.4 Å².